The van der Waals surface area contributed by atoms with E-state index in [0.29, 0.717) is 19.3 Å². The molecule has 0 radical (unpaired) electrons. The lowest BCUT2D eigenvalue weighted by Gasteiger charge is -2.29. The molecule has 2 heterocycles. The summed E-state index contributed by atoms with van der Waals surface area (Å²) in [5.41, 5.74) is -0.129. The summed E-state index contributed by atoms with van der Waals surface area (Å²) in [5, 5.41) is 10.5. The van der Waals surface area contributed by atoms with E-state index >= 15 is 0 Å². The zero-order valence-corrected chi connectivity index (χ0v) is 23.0. The van der Waals surface area contributed by atoms with E-state index in [1.165, 1.54) is 19.0 Å². The van der Waals surface area contributed by atoms with Crippen LogP contribution in [-0.4, -0.2) is 73.1 Å². The van der Waals surface area contributed by atoms with Crippen LogP contribution < -0.4 is 4.72 Å². The van der Waals surface area contributed by atoms with E-state index in [0.717, 1.165) is 35.6 Å². The summed E-state index contributed by atoms with van der Waals surface area (Å²) in [7, 11) is -1.36. The SMILES string of the molecule is CN(C)S(=O)(=O)NC(=O)[C@]12CC(=O)[C@@H]3C[C@@H](O)CN3C(=O)[C@@H](Cc3ccccc3)CCCCC/C=C\[C@H]1C2. The lowest BCUT2D eigenvalue weighted by molar-refractivity contribution is -0.142. The van der Waals surface area contributed by atoms with Crippen molar-refractivity contribution in [2.45, 2.75) is 69.9 Å². The van der Waals surface area contributed by atoms with Crippen molar-refractivity contribution < 1.29 is 27.9 Å². The molecule has 2 aliphatic heterocycles. The van der Waals surface area contributed by atoms with Crippen LogP contribution in [0, 0.1) is 17.3 Å². The monoisotopic (exact) mass is 545 g/mol. The Labute approximate surface area is 225 Å². The Bertz CT molecular complexity index is 1170. The normalized spacial score (nSPS) is 31.6. The van der Waals surface area contributed by atoms with Gasteiger partial charge in [-0.2, -0.15) is 12.7 Å². The molecule has 5 atom stereocenters. The minimum absolute atomic E-state index is 0.0814. The van der Waals surface area contributed by atoms with Gasteiger partial charge in [0.25, 0.3) is 0 Å². The lowest BCUT2D eigenvalue weighted by Crippen LogP contribution is -2.47. The number of nitrogens with zero attached hydrogens (tertiary/aromatic N) is 2. The number of Topliss-reactive ketones (excluding diaryl/α,β-unsaturated/α-hetero) is 1. The van der Waals surface area contributed by atoms with Gasteiger partial charge in [-0.3, -0.25) is 14.4 Å². The summed E-state index contributed by atoms with van der Waals surface area (Å²) in [5.74, 6) is -1.71. The number of hydrogen-bond donors (Lipinski definition) is 2. The van der Waals surface area contributed by atoms with Crippen molar-refractivity contribution in [3.05, 3.63) is 48.0 Å². The summed E-state index contributed by atoms with van der Waals surface area (Å²) in [6.07, 6.45) is 8.27. The third kappa shape index (κ3) is 6.35. The molecule has 1 saturated heterocycles. The molecule has 1 aliphatic carbocycles. The Hall–Kier alpha value is -2.56. The molecule has 2 fully saturated rings. The average molecular weight is 546 g/mol. The molecule has 1 aromatic rings. The molecule has 2 amide bonds. The van der Waals surface area contributed by atoms with Gasteiger partial charge < -0.3 is 10.0 Å². The Morgan fingerprint density at radius 3 is 2.61 bits per heavy atom. The molecule has 1 saturated carbocycles. The fraction of sp³-hybridized carbons (Fsp3) is 0.607. The molecule has 3 aliphatic rings. The molecule has 10 heteroatoms. The summed E-state index contributed by atoms with van der Waals surface area (Å²) in [4.78, 5) is 42.3. The summed E-state index contributed by atoms with van der Waals surface area (Å²) in [6.45, 7) is 0.0814. The molecule has 4 rings (SSSR count). The first-order chi connectivity index (χ1) is 18.0. The molecule has 0 aromatic heterocycles. The Morgan fingerprint density at radius 2 is 1.89 bits per heavy atom. The molecule has 9 nitrogen and oxygen atoms in total. The Kier molecular flexibility index (Phi) is 8.74. The number of aliphatic hydroxyl groups excluding tert-OH is 1. The van der Waals surface area contributed by atoms with Gasteiger partial charge in [-0.15, -0.1) is 0 Å². The number of carbonyl (C=O) groups is 3. The van der Waals surface area contributed by atoms with E-state index < -0.39 is 33.7 Å². The number of carbonyl (C=O) groups excluding carboxylic acids is 3. The van der Waals surface area contributed by atoms with Crippen molar-refractivity contribution >= 4 is 27.8 Å². The highest BCUT2D eigenvalue weighted by molar-refractivity contribution is 7.87. The van der Waals surface area contributed by atoms with Crippen molar-refractivity contribution in [2.75, 3.05) is 20.6 Å². The number of hydrogen-bond acceptors (Lipinski definition) is 6. The number of nitrogens with one attached hydrogen (secondary N) is 1. The first-order valence-electron chi connectivity index (χ1n) is 13.5. The van der Waals surface area contributed by atoms with E-state index in [1.54, 1.807) is 0 Å². The van der Waals surface area contributed by atoms with E-state index in [2.05, 4.69) is 4.72 Å². The van der Waals surface area contributed by atoms with E-state index in [4.69, 9.17) is 0 Å². The van der Waals surface area contributed by atoms with Gasteiger partial charge in [-0.05, 0) is 43.6 Å². The molecule has 0 spiro atoms. The molecular formula is C28H39N3O6S. The van der Waals surface area contributed by atoms with Crippen LogP contribution in [0.15, 0.2) is 42.5 Å². The van der Waals surface area contributed by atoms with Crippen LogP contribution in [0.3, 0.4) is 0 Å². The maximum absolute atomic E-state index is 13.8. The number of amides is 2. The third-order valence-electron chi connectivity index (χ3n) is 8.18. The molecule has 38 heavy (non-hydrogen) atoms. The summed E-state index contributed by atoms with van der Waals surface area (Å²) < 4.78 is 27.8. The number of benzene rings is 1. The molecular weight excluding hydrogens is 506 g/mol. The highest BCUT2D eigenvalue weighted by Gasteiger charge is 2.61. The first-order valence-corrected chi connectivity index (χ1v) is 14.9. The van der Waals surface area contributed by atoms with Crippen LogP contribution in [0.4, 0.5) is 0 Å². The number of ketones is 1. The number of allylic oxidation sites excluding steroid dienone is 2. The molecule has 208 valence electrons. The second-order valence-electron chi connectivity index (χ2n) is 11.2. The van der Waals surface area contributed by atoms with E-state index in [-0.39, 0.29) is 42.9 Å². The molecule has 0 unspecified atom stereocenters. The molecule has 1 aromatic carbocycles. The van der Waals surface area contributed by atoms with Crippen LogP contribution in [-0.2, 0) is 31.0 Å². The van der Waals surface area contributed by atoms with Crippen molar-refractivity contribution in [3.8, 4) is 0 Å². The average Bonchev–Trinajstić information content (AvgIpc) is 3.42. The van der Waals surface area contributed by atoms with Gasteiger partial charge in [-0.1, -0.05) is 55.3 Å². The summed E-state index contributed by atoms with van der Waals surface area (Å²) in [6, 6.07) is 8.97. The highest BCUT2D eigenvalue weighted by atomic mass is 32.2. The van der Waals surface area contributed by atoms with Crippen molar-refractivity contribution in [1.29, 1.82) is 0 Å². The second-order valence-corrected chi connectivity index (χ2v) is 13.1. The first kappa shape index (κ1) is 28.4. The number of fused-ring (bicyclic) bond motifs is 2. The smallest absolute Gasteiger partial charge is 0.303 e. The molecule has 0 bridgehead atoms. The summed E-state index contributed by atoms with van der Waals surface area (Å²) >= 11 is 0. The van der Waals surface area contributed by atoms with Crippen molar-refractivity contribution in [2.24, 2.45) is 17.3 Å². The van der Waals surface area contributed by atoms with Crippen LogP contribution in [0.1, 0.15) is 56.9 Å². The Morgan fingerprint density at radius 1 is 1.16 bits per heavy atom. The maximum atomic E-state index is 13.8. The highest BCUT2D eigenvalue weighted by Crippen LogP contribution is 2.57. The zero-order chi connectivity index (χ0) is 27.5. The van der Waals surface area contributed by atoms with Gasteiger partial charge in [0.05, 0.1) is 17.6 Å². The largest absolute Gasteiger partial charge is 0.391 e. The van der Waals surface area contributed by atoms with Crippen LogP contribution in [0.25, 0.3) is 0 Å². The predicted molar refractivity (Wildman–Crippen MR) is 143 cm³/mol. The molecule has 2 N–H and O–H groups in total. The maximum Gasteiger partial charge on any atom is 0.303 e. The van der Waals surface area contributed by atoms with Gasteiger partial charge >= 0.3 is 10.2 Å². The minimum atomic E-state index is -4.02. The van der Waals surface area contributed by atoms with Gasteiger partial charge in [0.2, 0.25) is 11.8 Å². The number of aliphatic hydroxyl groups is 1. The quantitative estimate of drug-likeness (QED) is 0.547. The Balaban J connectivity index is 1.60. The predicted octanol–water partition coefficient (Wildman–Crippen LogP) is 2.22. The van der Waals surface area contributed by atoms with Crippen LogP contribution >= 0.6 is 0 Å². The van der Waals surface area contributed by atoms with E-state index in [1.807, 2.05) is 42.5 Å². The van der Waals surface area contributed by atoms with Gasteiger partial charge in [-0.25, -0.2) is 4.72 Å². The fourth-order valence-corrected chi connectivity index (χ4v) is 6.39. The lowest BCUT2D eigenvalue weighted by atomic mass is 9.90. The van der Waals surface area contributed by atoms with Crippen molar-refractivity contribution in [1.82, 2.24) is 13.9 Å². The van der Waals surface area contributed by atoms with Gasteiger partial charge in [0.15, 0.2) is 5.78 Å². The third-order valence-corrected chi connectivity index (χ3v) is 9.58. The van der Waals surface area contributed by atoms with Gasteiger partial charge in [0, 0.05) is 39.4 Å². The van der Waals surface area contributed by atoms with Crippen molar-refractivity contribution in [3.63, 3.8) is 0 Å². The van der Waals surface area contributed by atoms with E-state index in [9.17, 15) is 27.9 Å². The second kappa shape index (κ2) is 11.7. The van der Waals surface area contributed by atoms with Gasteiger partial charge in [0.1, 0.15) is 0 Å². The zero-order valence-electron chi connectivity index (χ0n) is 22.2. The van der Waals surface area contributed by atoms with Crippen LogP contribution in [0.2, 0.25) is 0 Å². The fourth-order valence-electron chi connectivity index (χ4n) is 5.77. The number of rotatable bonds is 5. The van der Waals surface area contributed by atoms with Crippen LogP contribution in [0.5, 0.6) is 0 Å². The topological polar surface area (TPSA) is 124 Å². The minimum Gasteiger partial charge on any atom is -0.391 e. The standard InChI is InChI=1S/C28H39N3O6S/c1-30(2)38(36,37)29-27(35)28-17-22(28)14-10-5-3-4-9-13-21(15-20-11-7-6-8-12-20)26(34)31-19-23(32)16-24(31)25(33)18-28/h6-8,10-12,14,21-24,32H,3-5,9,13,15-19H2,1-2H3,(H,29,35)/b14-10-/t21-,22+,23-,24+,28-/m1/s1.